The normalized spacial score (nSPS) is 13.4. The molecule has 7 aromatic carbocycles. The summed E-state index contributed by atoms with van der Waals surface area (Å²) in [6.45, 7) is 4.70. The monoisotopic (exact) mass is 511 g/mol. The van der Waals surface area contributed by atoms with Crippen LogP contribution in [0.15, 0.2) is 140 Å². The van der Waals surface area contributed by atoms with Gasteiger partial charge in [-0.3, -0.25) is 0 Å². The van der Waals surface area contributed by atoms with E-state index in [1.54, 1.807) is 0 Å². The summed E-state index contributed by atoms with van der Waals surface area (Å²) >= 11 is 0. The van der Waals surface area contributed by atoms with Crippen LogP contribution in [0.4, 0.5) is 17.1 Å². The molecule has 0 saturated carbocycles. The summed E-state index contributed by atoms with van der Waals surface area (Å²) in [6, 6.07) is 51.1. The van der Waals surface area contributed by atoms with Gasteiger partial charge in [0, 0.05) is 22.1 Å². The third-order valence-electron chi connectivity index (χ3n) is 8.81. The molecule has 0 N–H and O–H groups in total. The van der Waals surface area contributed by atoms with E-state index in [9.17, 15) is 0 Å². The Kier molecular flexibility index (Phi) is 4.93. The smallest absolute Gasteiger partial charge is 0.0546 e. The highest BCUT2D eigenvalue weighted by atomic mass is 15.1. The van der Waals surface area contributed by atoms with Crippen LogP contribution in [-0.4, -0.2) is 0 Å². The zero-order valence-electron chi connectivity index (χ0n) is 22.7. The van der Waals surface area contributed by atoms with E-state index in [1.807, 2.05) is 0 Å². The van der Waals surface area contributed by atoms with E-state index in [-0.39, 0.29) is 5.41 Å². The lowest BCUT2D eigenvalue weighted by atomic mass is 9.82. The molecule has 0 unspecified atom stereocenters. The van der Waals surface area contributed by atoms with Gasteiger partial charge in [-0.15, -0.1) is 0 Å². The minimum atomic E-state index is -0.0609. The third-order valence-corrected chi connectivity index (χ3v) is 8.81. The Hall–Kier alpha value is -4.88. The molecular formula is C39H29N. The van der Waals surface area contributed by atoms with Crippen LogP contribution < -0.4 is 4.90 Å². The number of nitrogens with zero attached hydrogens (tertiary/aromatic N) is 1. The lowest BCUT2D eigenvalue weighted by molar-refractivity contribution is 0.660. The number of hydrogen-bond acceptors (Lipinski definition) is 1. The van der Waals surface area contributed by atoms with E-state index in [4.69, 9.17) is 0 Å². The maximum Gasteiger partial charge on any atom is 0.0546 e. The van der Waals surface area contributed by atoms with Gasteiger partial charge in [0.2, 0.25) is 0 Å². The van der Waals surface area contributed by atoms with Crippen LogP contribution in [0.25, 0.3) is 43.4 Å². The number of hydrogen-bond donors (Lipinski definition) is 0. The quantitative estimate of drug-likeness (QED) is 0.213. The Labute approximate surface area is 234 Å². The zero-order valence-corrected chi connectivity index (χ0v) is 22.7. The van der Waals surface area contributed by atoms with Crippen molar-refractivity contribution in [3.05, 3.63) is 151 Å². The van der Waals surface area contributed by atoms with E-state index in [1.165, 1.54) is 65.9 Å². The number of benzene rings is 7. The summed E-state index contributed by atoms with van der Waals surface area (Å²) in [5.74, 6) is 0. The van der Waals surface area contributed by atoms with Crippen LogP contribution in [-0.2, 0) is 5.41 Å². The lowest BCUT2D eigenvalue weighted by Crippen LogP contribution is -2.16. The van der Waals surface area contributed by atoms with E-state index in [2.05, 4.69) is 158 Å². The van der Waals surface area contributed by atoms with Gasteiger partial charge in [-0.2, -0.15) is 0 Å². The van der Waals surface area contributed by atoms with E-state index >= 15 is 0 Å². The Balaban J connectivity index is 1.50. The van der Waals surface area contributed by atoms with Crippen LogP contribution in [0.1, 0.15) is 25.0 Å². The summed E-state index contributed by atoms with van der Waals surface area (Å²) in [5, 5.41) is 7.66. The summed E-state index contributed by atoms with van der Waals surface area (Å²) in [4.78, 5) is 2.48. The molecule has 8 rings (SSSR count). The van der Waals surface area contributed by atoms with Gasteiger partial charge >= 0.3 is 0 Å². The number of rotatable bonds is 3. The molecular weight excluding hydrogens is 482 g/mol. The third kappa shape index (κ3) is 3.21. The number of anilines is 3. The Morgan fingerprint density at radius 1 is 0.475 bits per heavy atom. The molecule has 190 valence electrons. The van der Waals surface area contributed by atoms with Gasteiger partial charge in [0.25, 0.3) is 0 Å². The van der Waals surface area contributed by atoms with Crippen molar-refractivity contribution < 1.29 is 0 Å². The van der Waals surface area contributed by atoms with Crippen molar-refractivity contribution in [2.24, 2.45) is 0 Å². The van der Waals surface area contributed by atoms with Crippen LogP contribution in [0.2, 0.25) is 0 Å². The fraction of sp³-hybridized carbons (Fsp3) is 0.0769. The maximum absolute atomic E-state index is 2.48. The molecule has 0 aromatic heterocycles. The summed E-state index contributed by atoms with van der Waals surface area (Å²) in [5.41, 5.74) is 8.93. The Morgan fingerprint density at radius 2 is 1.12 bits per heavy atom. The summed E-state index contributed by atoms with van der Waals surface area (Å²) in [7, 11) is 0. The predicted octanol–water partition coefficient (Wildman–Crippen LogP) is 10.9. The highest BCUT2D eigenvalue weighted by Gasteiger charge is 2.37. The SMILES string of the molecule is CC1(C)c2ccccc2-c2c(N(c3ccccc3)c3cc4ccc5ccccc5c4c4ccccc34)cccc21. The molecule has 1 aliphatic carbocycles. The van der Waals surface area contributed by atoms with Crippen molar-refractivity contribution >= 4 is 49.4 Å². The molecule has 0 amide bonds. The fourth-order valence-electron chi connectivity index (χ4n) is 6.95. The van der Waals surface area contributed by atoms with Crippen molar-refractivity contribution in [3.8, 4) is 11.1 Å². The van der Waals surface area contributed by atoms with Crippen LogP contribution in [0.5, 0.6) is 0 Å². The molecule has 0 atom stereocenters. The van der Waals surface area contributed by atoms with Gasteiger partial charge < -0.3 is 4.90 Å². The van der Waals surface area contributed by atoms with Gasteiger partial charge in [-0.05, 0) is 67.9 Å². The predicted molar refractivity (Wildman–Crippen MR) is 171 cm³/mol. The van der Waals surface area contributed by atoms with E-state index < -0.39 is 0 Å². The molecule has 1 heteroatoms. The number of para-hydroxylation sites is 1. The molecule has 0 radical (unpaired) electrons. The van der Waals surface area contributed by atoms with Crippen molar-refractivity contribution in [3.63, 3.8) is 0 Å². The second kappa shape index (κ2) is 8.56. The molecule has 0 heterocycles. The van der Waals surface area contributed by atoms with Crippen molar-refractivity contribution in [2.45, 2.75) is 19.3 Å². The fourth-order valence-corrected chi connectivity index (χ4v) is 6.95. The van der Waals surface area contributed by atoms with Gasteiger partial charge in [0.05, 0.1) is 11.4 Å². The number of fused-ring (bicyclic) bond motifs is 8. The van der Waals surface area contributed by atoms with Crippen molar-refractivity contribution in [1.29, 1.82) is 0 Å². The molecule has 0 fully saturated rings. The molecule has 0 saturated heterocycles. The minimum absolute atomic E-state index is 0.0609. The second-order valence-corrected chi connectivity index (χ2v) is 11.4. The van der Waals surface area contributed by atoms with Crippen LogP contribution in [0.3, 0.4) is 0 Å². The highest BCUT2D eigenvalue weighted by molar-refractivity contribution is 6.23. The standard InChI is InChI=1S/C39H29N/c1-39(2)33-20-11-10-19-32(33)38-34(39)21-12-22-35(38)40(28-14-4-3-5-15-28)36-25-27-24-23-26-13-6-7-16-29(26)37(27)31-18-9-8-17-30(31)36/h3-25H,1-2H3. The molecule has 7 aromatic rings. The molecule has 0 aliphatic heterocycles. The van der Waals surface area contributed by atoms with Gasteiger partial charge in [-0.1, -0.05) is 129 Å². The first-order valence-electron chi connectivity index (χ1n) is 14.0. The second-order valence-electron chi connectivity index (χ2n) is 11.4. The van der Waals surface area contributed by atoms with Gasteiger partial charge in [-0.25, -0.2) is 0 Å². The van der Waals surface area contributed by atoms with Crippen LogP contribution in [0, 0.1) is 0 Å². The van der Waals surface area contributed by atoms with E-state index in [0.29, 0.717) is 0 Å². The zero-order chi connectivity index (χ0) is 26.8. The highest BCUT2D eigenvalue weighted by Crippen LogP contribution is 2.55. The average Bonchev–Trinajstić information content (AvgIpc) is 3.25. The lowest BCUT2D eigenvalue weighted by Gasteiger charge is -2.30. The van der Waals surface area contributed by atoms with Crippen LogP contribution >= 0.6 is 0 Å². The first kappa shape index (κ1) is 23.0. The van der Waals surface area contributed by atoms with Gasteiger partial charge in [0.1, 0.15) is 0 Å². The Morgan fingerprint density at radius 3 is 1.98 bits per heavy atom. The van der Waals surface area contributed by atoms with Crippen molar-refractivity contribution in [2.75, 3.05) is 4.90 Å². The molecule has 0 spiro atoms. The molecule has 0 bridgehead atoms. The maximum atomic E-state index is 2.48. The summed E-state index contributed by atoms with van der Waals surface area (Å²) < 4.78 is 0. The molecule has 40 heavy (non-hydrogen) atoms. The van der Waals surface area contributed by atoms with Gasteiger partial charge in [0.15, 0.2) is 0 Å². The molecule has 1 nitrogen and oxygen atoms in total. The minimum Gasteiger partial charge on any atom is -0.309 e. The molecule has 1 aliphatic rings. The average molecular weight is 512 g/mol. The topological polar surface area (TPSA) is 3.24 Å². The van der Waals surface area contributed by atoms with E-state index in [0.717, 1.165) is 5.69 Å². The van der Waals surface area contributed by atoms with Crippen molar-refractivity contribution in [1.82, 2.24) is 0 Å². The Bertz CT molecular complexity index is 2080. The first-order chi connectivity index (χ1) is 19.6. The largest absolute Gasteiger partial charge is 0.309 e. The summed E-state index contributed by atoms with van der Waals surface area (Å²) in [6.07, 6.45) is 0. The first-order valence-corrected chi connectivity index (χ1v) is 14.0.